The third-order valence-corrected chi connectivity index (χ3v) is 4.03. The van der Waals surface area contributed by atoms with Crippen LogP contribution in [0.1, 0.15) is 19.4 Å². The quantitative estimate of drug-likeness (QED) is 0.743. The SMILES string of the molecule is CCc1ccc2c(c1)nc(-c1ccc(N)c(OC)c1)n2CC. The first kappa shape index (κ1) is 14.4. The van der Waals surface area contributed by atoms with E-state index >= 15 is 0 Å². The first-order valence-electron chi connectivity index (χ1n) is 7.61. The monoisotopic (exact) mass is 295 g/mol. The molecule has 114 valence electrons. The smallest absolute Gasteiger partial charge is 0.142 e. The van der Waals surface area contributed by atoms with Gasteiger partial charge in [0.1, 0.15) is 11.6 Å². The molecule has 22 heavy (non-hydrogen) atoms. The second-order valence-corrected chi connectivity index (χ2v) is 5.31. The van der Waals surface area contributed by atoms with E-state index in [0.29, 0.717) is 11.4 Å². The highest BCUT2D eigenvalue weighted by molar-refractivity contribution is 5.82. The number of methoxy groups -OCH3 is 1. The molecule has 4 heteroatoms. The Balaban J connectivity index is 2.21. The van der Waals surface area contributed by atoms with Crippen LogP contribution in [0.4, 0.5) is 5.69 Å². The molecule has 0 fully saturated rings. The van der Waals surface area contributed by atoms with Gasteiger partial charge in [-0.2, -0.15) is 0 Å². The van der Waals surface area contributed by atoms with Crippen molar-refractivity contribution in [3.63, 3.8) is 0 Å². The topological polar surface area (TPSA) is 53.1 Å². The highest BCUT2D eigenvalue weighted by atomic mass is 16.5. The van der Waals surface area contributed by atoms with E-state index in [1.54, 1.807) is 7.11 Å². The van der Waals surface area contributed by atoms with Crippen molar-refractivity contribution in [2.24, 2.45) is 0 Å². The average Bonchev–Trinajstić information content (AvgIpc) is 2.92. The van der Waals surface area contributed by atoms with Crippen LogP contribution in [0.25, 0.3) is 22.4 Å². The zero-order valence-electron chi connectivity index (χ0n) is 13.3. The van der Waals surface area contributed by atoms with Gasteiger partial charge >= 0.3 is 0 Å². The van der Waals surface area contributed by atoms with Gasteiger partial charge in [0.2, 0.25) is 0 Å². The summed E-state index contributed by atoms with van der Waals surface area (Å²) in [6.07, 6.45) is 1.01. The molecule has 0 amide bonds. The Kier molecular flexibility index (Phi) is 3.75. The number of nitrogens with zero attached hydrogens (tertiary/aromatic N) is 2. The van der Waals surface area contributed by atoms with Crippen molar-refractivity contribution in [1.29, 1.82) is 0 Å². The first-order chi connectivity index (χ1) is 10.7. The molecule has 0 saturated carbocycles. The molecule has 2 N–H and O–H groups in total. The molecular weight excluding hydrogens is 274 g/mol. The second kappa shape index (κ2) is 5.72. The van der Waals surface area contributed by atoms with Gasteiger partial charge in [-0.1, -0.05) is 13.0 Å². The molecule has 0 aliphatic carbocycles. The third-order valence-electron chi connectivity index (χ3n) is 4.03. The van der Waals surface area contributed by atoms with Crippen molar-refractivity contribution in [3.05, 3.63) is 42.0 Å². The van der Waals surface area contributed by atoms with E-state index in [9.17, 15) is 0 Å². The number of hydrogen-bond donors (Lipinski definition) is 1. The Morgan fingerprint density at radius 3 is 2.64 bits per heavy atom. The van der Waals surface area contributed by atoms with Gasteiger partial charge in [-0.15, -0.1) is 0 Å². The first-order valence-corrected chi connectivity index (χ1v) is 7.61. The highest BCUT2D eigenvalue weighted by Gasteiger charge is 2.13. The number of nitrogen functional groups attached to an aromatic ring is 1. The number of aromatic nitrogens is 2. The van der Waals surface area contributed by atoms with Crippen LogP contribution in [0.3, 0.4) is 0 Å². The van der Waals surface area contributed by atoms with Crippen molar-refractivity contribution in [1.82, 2.24) is 9.55 Å². The Morgan fingerprint density at radius 2 is 1.95 bits per heavy atom. The lowest BCUT2D eigenvalue weighted by molar-refractivity contribution is 0.417. The Morgan fingerprint density at radius 1 is 1.14 bits per heavy atom. The summed E-state index contributed by atoms with van der Waals surface area (Å²) in [7, 11) is 1.63. The minimum absolute atomic E-state index is 0.638. The average molecular weight is 295 g/mol. The summed E-state index contributed by atoms with van der Waals surface area (Å²) in [5, 5.41) is 0. The van der Waals surface area contributed by atoms with E-state index in [-0.39, 0.29) is 0 Å². The fraction of sp³-hybridized carbons (Fsp3) is 0.278. The van der Waals surface area contributed by atoms with Crippen LogP contribution in [-0.2, 0) is 13.0 Å². The lowest BCUT2D eigenvalue weighted by atomic mass is 10.1. The minimum atomic E-state index is 0.638. The number of hydrogen-bond acceptors (Lipinski definition) is 3. The largest absolute Gasteiger partial charge is 0.495 e. The molecular formula is C18H21N3O. The van der Waals surface area contributed by atoms with Gasteiger partial charge in [0.15, 0.2) is 0 Å². The molecule has 0 bridgehead atoms. The number of anilines is 1. The molecule has 0 saturated heterocycles. The van der Waals surface area contributed by atoms with Gasteiger partial charge in [-0.3, -0.25) is 0 Å². The second-order valence-electron chi connectivity index (χ2n) is 5.31. The summed E-state index contributed by atoms with van der Waals surface area (Å²) in [6, 6.07) is 12.3. The summed E-state index contributed by atoms with van der Waals surface area (Å²) in [5.41, 5.74) is 11.1. The Hall–Kier alpha value is -2.49. The molecule has 3 aromatic rings. The number of rotatable bonds is 4. The summed E-state index contributed by atoms with van der Waals surface area (Å²) >= 11 is 0. The molecule has 0 aliphatic rings. The van der Waals surface area contributed by atoms with Crippen LogP contribution < -0.4 is 10.5 Å². The standard InChI is InChI=1S/C18H21N3O/c1-4-12-6-9-16-15(10-12)20-18(21(16)5-2)13-7-8-14(19)17(11-13)22-3/h6-11H,4-5,19H2,1-3H3. The predicted octanol–water partition coefficient (Wildman–Crippen LogP) is 3.88. The number of fused-ring (bicyclic) bond motifs is 1. The Bertz CT molecular complexity index is 821. The summed E-state index contributed by atoms with van der Waals surface area (Å²) in [6.45, 7) is 5.15. The van der Waals surface area contributed by atoms with Crippen molar-refractivity contribution < 1.29 is 4.74 Å². The molecule has 1 aromatic heterocycles. The molecule has 0 aliphatic heterocycles. The van der Waals surface area contributed by atoms with E-state index < -0.39 is 0 Å². The third kappa shape index (κ3) is 2.30. The van der Waals surface area contributed by atoms with Crippen LogP contribution in [0.15, 0.2) is 36.4 Å². The van der Waals surface area contributed by atoms with Gasteiger partial charge < -0.3 is 15.0 Å². The molecule has 1 heterocycles. The molecule has 0 spiro atoms. The zero-order valence-corrected chi connectivity index (χ0v) is 13.3. The molecule has 0 radical (unpaired) electrons. The maximum Gasteiger partial charge on any atom is 0.142 e. The fourth-order valence-electron chi connectivity index (χ4n) is 2.79. The minimum Gasteiger partial charge on any atom is -0.495 e. The normalized spacial score (nSPS) is 11.0. The molecule has 0 atom stereocenters. The van der Waals surface area contributed by atoms with Crippen LogP contribution >= 0.6 is 0 Å². The fourth-order valence-corrected chi connectivity index (χ4v) is 2.79. The lowest BCUT2D eigenvalue weighted by Gasteiger charge is -2.09. The number of aryl methyl sites for hydroxylation is 2. The summed E-state index contributed by atoms with van der Waals surface area (Å²) in [4.78, 5) is 4.83. The molecule has 2 aromatic carbocycles. The van der Waals surface area contributed by atoms with Gasteiger partial charge in [-0.25, -0.2) is 4.98 Å². The zero-order chi connectivity index (χ0) is 15.7. The summed E-state index contributed by atoms with van der Waals surface area (Å²) < 4.78 is 7.55. The van der Waals surface area contributed by atoms with E-state index in [1.807, 2.05) is 18.2 Å². The Labute approximate surface area is 130 Å². The van der Waals surface area contributed by atoms with Crippen molar-refractivity contribution in [2.75, 3.05) is 12.8 Å². The number of nitrogens with two attached hydrogens (primary N) is 1. The van der Waals surface area contributed by atoms with E-state index in [0.717, 1.165) is 35.4 Å². The maximum atomic E-state index is 5.91. The molecule has 4 nitrogen and oxygen atoms in total. The van der Waals surface area contributed by atoms with E-state index in [4.69, 9.17) is 15.5 Å². The lowest BCUT2D eigenvalue weighted by Crippen LogP contribution is -1.99. The molecule has 3 rings (SSSR count). The van der Waals surface area contributed by atoms with Crippen molar-refractivity contribution in [2.45, 2.75) is 26.8 Å². The molecule has 0 unspecified atom stereocenters. The van der Waals surface area contributed by atoms with Gasteiger partial charge in [-0.05, 0) is 49.2 Å². The van der Waals surface area contributed by atoms with E-state index in [1.165, 1.54) is 5.56 Å². The van der Waals surface area contributed by atoms with Crippen LogP contribution in [0.5, 0.6) is 5.75 Å². The van der Waals surface area contributed by atoms with Gasteiger partial charge in [0.05, 0.1) is 23.8 Å². The predicted molar refractivity (Wildman–Crippen MR) is 91.2 cm³/mol. The maximum absolute atomic E-state index is 5.91. The van der Waals surface area contributed by atoms with Gasteiger partial charge in [0, 0.05) is 12.1 Å². The van der Waals surface area contributed by atoms with Crippen molar-refractivity contribution in [3.8, 4) is 17.1 Å². The highest BCUT2D eigenvalue weighted by Crippen LogP contribution is 2.31. The van der Waals surface area contributed by atoms with Crippen LogP contribution in [-0.4, -0.2) is 16.7 Å². The number of imidazole rings is 1. The van der Waals surface area contributed by atoms with Crippen LogP contribution in [0, 0.1) is 0 Å². The summed E-state index contributed by atoms with van der Waals surface area (Å²) in [5.74, 6) is 1.63. The van der Waals surface area contributed by atoms with Gasteiger partial charge in [0.25, 0.3) is 0 Å². The van der Waals surface area contributed by atoms with Crippen molar-refractivity contribution >= 4 is 16.7 Å². The van der Waals surface area contributed by atoms with Crippen LogP contribution in [0.2, 0.25) is 0 Å². The van der Waals surface area contributed by atoms with E-state index in [2.05, 4.69) is 36.6 Å². The number of benzene rings is 2. The number of ether oxygens (including phenoxy) is 1.